The molecule has 2 rings (SSSR count). The second-order valence-corrected chi connectivity index (χ2v) is 6.08. The van der Waals surface area contributed by atoms with Gasteiger partial charge < -0.3 is 14.9 Å². The third kappa shape index (κ3) is 3.28. The van der Waals surface area contributed by atoms with Gasteiger partial charge in [0.05, 0.1) is 12.6 Å². The first-order valence-electron chi connectivity index (χ1n) is 7.14. The Bertz CT molecular complexity index is 433. The summed E-state index contributed by atoms with van der Waals surface area (Å²) >= 11 is 0. The van der Waals surface area contributed by atoms with Crippen molar-refractivity contribution in [1.29, 1.82) is 0 Å². The number of rotatable bonds is 2. The highest BCUT2D eigenvalue weighted by Crippen LogP contribution is 2.24. The van der Waals surface area contributed by atoms with E-state index in [0.29, 0.717) is 5.92 Å². The average Bonchev–Trinajstić information content (AvgIpc) is 2.50. The van der Waals surface area contributed by atoms with E-state index >= 15 is 0 Å². The highest BCUT2D eigenvalue weighted by molar-refractivity contribution is 5.51. The van der Waals surface area contributed by atoms with Gasteiger partial charge in [-0.2, -0.15) is 0 Å². The molecule has 0 aromatic heterocycles. The topological polar surface area (TPSA) is 26.7 Å². The third-order valence-electron chi connectivity index (χ3n) is 4.13. The molecule has 1 saturated heterocycles. The number of hydrogen-bond donors (Lipinski definition) is 1. The van der Waals surface area contributed by atoms with Crippen LogP contribution in [-0.2, 0) is 0 Å². The van der Waals surface area contributed by atoms with Crippen molar-refractivity contribution in [2.75, 3.05) is 38.2 Å². The van der Waals surface area contributed by atoms with E-state index in [1.54, 1.807) is 0 Å². The lowest BCUT2D eigenvalue weighted by Gasteiger charge is -2.32. The maximum atomic E-state index is 9.71. The van der Waals surface area contributed by atoms with E-state index in [-0.39, 0.29) is 12.6 Å². The van der Waals surface area contributed by atoms with Crippen LogP contribution in [0, 0.1) is 19.8 Å². The number of nitrogens with zero attached hydrogens (tertiary/aromatic N) is 2. The zero-order valence-corrected chi connectivity index (χ0v) is 12.6. The van der Waals surface area contributed by atoms with Gasteiger partial charge in [-0.3, -0.25) is 0 Å². The molecule has 1 N–H and O–H groups in total. The van der Waals surface area contributed by atoms with E-state index in [0.717, 1.165) is 19.6 Å². The molecule has 106 valence electrons. The lowest BCUT2D eigenvalue weighted by molar-refractivity contribution is 0.226. The summed E-state index contributed by atoms with van der Waals surface area (Å²) in [6.45, 7) is 9.82. The Morgan fingerprint density at radius 3 is 2.53 bits per heavy atom. The van der Waals surface area contributed by atoms with Gasteiger partial charge in [0.25, 0.3) is 0 Å². The van der Waals surface area contributed by atoms with E-state index in [4.69, 9.17) is 0 Å². The minimum atomic E-state index is 0.192. The molecule has 3 nitrogen and oxygen atoms in total. The van der Waals surface area contributed by atoms with E-state index in [2.05, 4.69) is 55.8 Å². The molecule has 3 heteroatoms. The summed E-state index contributed by atoms with van der Waals surface area (Å²) in [6, 6.07) is 6.80. The second-order valence-electron chi connectivity index (χ2n) is 6.08. The second kappa shape index (κ2) is 5.93. The Morgan fingerprint density at radius 1 is 1.16 bits per heavy atom. The molecule has 1 heterocycles. The first-order valence-corrected chi connectivity index (χ1v) is 7.14. The number of hydrogen-bond acceptors (Lipinski definition) is 3. The SMILES string of the molecule is Cc1ccc(N2CC(C)CN(C)CC2CO)cc1C. The predicted octanol–water partition coefficient (Wildman–Crippen LogP) is 2.05. The fraction of sp³-hybridized carbons (Fsp3) is 0.625. The highest BCUT2D eigenvalue weighted by atomic mass is 16.3. The van der Waals surface area contributed by atoms with E-state index in [9.17, 15) is 5.11 Å². The first kappa shape index (κ1) is 14.4. The molecule has 1 aliphatic heterocycles. The largest absolute Gasteiger partial charge is 0.394 e. The molecule has 1 aromatic rings. The molecule has 0 saturated carbocycles. The molecule has 1 aliphatic rings. The van der Waals surface area contributed by atoms with Crippen molar-refractivity contribution in [2.24, 2.45) is 5.92 Å². The van der Waals surface area contributed by atoms with E-state index in [1.165, 1.54) is 16.8 Å². The smallest absolute Gasteiger partial charge is 0.0647 e. The zero-order chi connectivity index (χ0) is 14.0. The molecule has 0 amide bonds. The van der Waals surface area contributed by atoms with Crippen molar-refractivity contribution in [2.45, 2.75) is 26.8 Å². The summed E-state index contributed by atoms with van der Waals surface area (Å²) in [5, 5.41) is 9.71. The van der Waals surface area contributed by atoms with Crippen LogP contribution in [0.2, 0.25) is 0 Å². The van der Waals surface area contributed by atoms with Crippen molar-refractivity contribution in [1.82, 2.24) is 4.90 Å². The summed E-state index contributed by atoms with van der Waals surface area (Å²) in [7, 11) is 2.14. The average molecular weight is 262 g/mol. The molecule has 2 atom stereocenters. The van der Waals surface area contributed by atoms with Crippen molar-refractivity contribution in [3.63, 3.8) is 0 Å². The summed E-state index contributed by atoms with van der Waals surface area (Å²) < 4.78 is 0. The molecule has 19 heavy (non-hydrogen) atoms. The quantitative estimate of drug-likeness (QED) is 0.883. The van der Waals surface area contributed by atoms with Gasteiger partial charge in [0.15, 0.2) is 0 Å². The fourth-order valence-corrected chi connectivity index (χ4v) is 2.98. The van der Waals surface area contributed by atoms with Crippen LogP contribution in [0.15, 0.2) is 18.2 Å². The number of aryl methyl sites for hydroxylation is 2. The summed E-state index contributed by atoms with van der Waals surface area (Å²) in [6.07, 6.45) is 0. The maximum Gasteiger partial charge on any atom is 0.0647 e. The molecule has 0 aliphatic carbocycles. The Hall–Kier alpha value is -1.06. The standard InChI is InChI=1S/C16H26N2O/c1-12-8-17(4)10-16(11-19)18(9-12)15-6-5-13(2)14(3)7-15/h5-7,12,16,19H,8-11H2,1-4H3. The molecule has 1 aromatic carbocycles. The number of aliphatic hydroxyl groups excluding tert-OH is 1. The van der Waals surface area contributed by atoms with Gasteiger partial charge in [-0.1, -0.05) is 13.0 Å². The van der Waals surface area contributed by atoms with Crippen LogP contribution in [0.4, 0.5) is 5.69 Å². The molecule has 0 radical (unpaired) electrons. The summed E-state index contributed by atoms with van der Waals surface area (Å²) in [5.74, 6) is 0.614. The first-order chi connectivity index (χ1) is 9.01. The lowest BCUT2D eigenvalue weighted by Crippen LogP contribution is -2.43. The van der Waals surface area contributed by atoms with Gasteiger partial charge in [-0.05, 0) is 50.1 Å². The minimum Gasteiger partial charge on any atom is -0.394 e. The van der Waals surface area contributed by atoms with Gasteiger partial charge in [0.2, 0.25) is 0 Å². The van der Waals surface area contributed by atoms with Crippen LogP contribution < -0.4 is 4.90 Å². The fourth-order valence-electron chi connectivity index (χ4n) is 2.98. The Labute approximate surface area is 116 Å². The van der Waals surface area contributed by atoms with Crippen molar-refractivity contribution in [3.8, 4) is 0 Å². The predicted molar refractivity (Wildman–Crippen MR) is 80.8 cm³/mol. The number of likely N-dealkylation sites (N-methyl/N-ethyl adjacent to an activating group) is 1. The van der Waals surface area contributed by atoms with Gasteiger partial charge in [-0.15, -0.1) is 0 Å². The van der Waals surface area contributed by atoms with Crippen molar-refractivity contribution in [3.05, 3.63) is 29.3 Å². The summed E-state index contributed by atoms with van der Waals surface area (Å²) in [5.41, 5.74) is 3.88. The maximum absolute atomic E-state index is 9.71. The molecular weight excluding hydrogens is 236 g/mol. The van der Waals surface area contributed by atoms with Gasteiger partial charge in [-0.25, -0.2) is 0 Å². The van der Waals surface area contributed by atoms with Crippen LogP contribution in [0.3, 0.4) is 0 Å². The molecule has 2 unspecified atom stereocenters. The van der Waals surface area contributed by atoms with E-state index in [1.807, 2.05) is 0 Å². The van der Waals surface area contributed by atoms with Crippen LogP contribution >= 0.6 is 0 Å². The summed E-state index contributed by atoms with van der Waals surface area (Å²) in [4.78, 5) is 4.70. The van der Waals surface area contributed by atoms with Gasteiger partial charge in [0, 0.05) is 25.3 Å². The van der Waals surface area contributed by atoms with Crippen LogP contribution in [0.1, 0.15) is 18.1 Å². The van der Waals surface area contributed by atoms with Crippen LogP contribution in [0.5, 0.6) is 0 Å². The minimum absolute atomic E-state index is 0.192. The lowest BCUT2D eigenvalue weighted by atomic mass is 10.1. The van der Waals surface area contributed by atoms with Crippen molar-refractivity contribution >= 4 is 5.69 Å². The van der Waals surface area contributed by atoms with Crippen molar-refractivity contribution < 1.29 is 5.11 Å². The molecular formula is C16H26N2O. The molecule has 0 bridgehead atoms. The molecule has 1 fully saturated rings. The number of benzene rings is 1. The van der Waals surface area contributed by atoms with Gasteiger partial charge >= 0.3 is 0 Å². The Balaban J connectivity index is 2.30. The van der Waals surface area contributed by atoms with Gasteiger partial charge in [0.1, 0.15) is 0 Å². The highest BCUT2D eigenvalue weighted by Gasteiger charge is 2.26. The monoisotopic (exact) mass is 262 g/mol. The van der Waals surface area contributed by atoms with Crippen LogP contribution in [-0.4, -0.2) is 49.3 Å². The zero-order valence-electron chi connectivity index (χ0n) is 12.6. The Kier molecular flexibility index (Phi) is 4.48. The Morgan fingerprint density at radius 2 is 1.89 bits per heavy atom. The number of anilines is 1. The molecule has 0 spiro atoms. The normalized spacial score (nSPS) is 25.4. The third-order valence-corrected chi connectivity index (χ3v) is 4.13. The van der Waals surface area contributed by atoms with Crippen LogP contribution in [0.25, 0.3) is 0 Å². The number of aliphatic hydroxyl groups is 1. The van der Waals surface area contributed by atoms with E-state index < -0.39 is 0 Å².